The minimum absolute atomic E-state index is 0.121. The molecule has 3 rings (SSSR count). The van der Waals surface area contributed by atoms with Crippen molar-refractivity contribution in [3.8, 4) is 0 Å². The fraction of sp³-hybridized carbons (Fsp3) is 0.250. The van der Waals surface area contributed by atoms with Gasteiger partial charge in [-0.05, 0) is 37.6 Å². The summed E-state index contributed by atoms with van der Waals surface area (Å²) in [5, 5.41) is 0.485. The first-order chi connectivity index (χ1) is 12.1. The Morgan fingerprint density at radius 2 is 1.96 bits per heavy atom. The van der Waals surface area contributed by atoms with Gasteiger partial charge in [0.05, 0.1) is 11.5 Å². The van der Waals surface area contributed by atoms with Gasteiger partial charge in [-0.3, -0.25) is 4.79 Å². The summed E-state index contributed by atoms with van der Waals surface area (Å²) < 4.78 is 20.4. The van der Waals surface area contributed by atoms with Crippen LogP contribution in [-0.4, -0.2) is 19.6 Å². The Morgan fingerprint density at radius 3 is 2.64 bits per heavy atom. The molecule has 1 amide bonds. The van der Waals surface area contributed by atoms with Gasteiger partial charge < -0.3 is 9.64 Å². The number of carbonyl (C=O) groups is 1. The second-order valence-corrected chi connectivity index (χ2v) is 6.84. The van der Waals surface area contributed by atoms with Crippen molar-refractivity contribution in [2.24, 2.45) is 0 Å². The second kappa shape index (κ2) is 7.33. The van der Waals surface area contributed by atoms with Gasteiger partial charge in [0, 0.05) is 35.0 Å². The Hall–Kier alpha value is -2.24. The maximum absolute atomic E-state index is 14.3. The third-order valence-corrected chi connectivity index (χ3v) is 5.40. The van der Waals surface area contributed by atoms with E-state index in [9.17, 15) is 9.18 Å². The SMILES string of the molecule is CCN(C(=O)c1sc2cccc(F)c2c1COC)c1ccccc1C. The van der Waals surface area contributed by atoms with E-state index in [-0.39, 0.29) is 18.3 Å². The standard InChI is InChI=1S/C20H20FNO2S/c1-4-22(16-10-6-5-8-13(16)2)20(23)19-14(12-24-3)18-15(21)9-7-11-17(18)25-19/h5-11H,4,12H2,1-3H3. The second-order valence-electron chi connectivity index (χ2n) is 5.79. The van der Waals surface area contributed by atoms with Crippen LogP contribution in [0.2, 0.25) is 0 Å². The summed E-state index contributed by atoms with van der Waals surface area (Å²) in [6, 6.07) is 12.7. The van der Waals surface area contributed by atoms with Crippen LogP contribution >= 0.6 is 11.3 Å². The fourth-order valence-electron chi connectivity index (χ4n) is 3.03. The average molecular weight is 357 g/mol. The number of benzene rings is 2. The number of aryl methyl sites for hydroxylation is 1. The Labute approximate surface area is 150 Å². The molecule has 0 aliphatic rings. The lowest BCUT2D eigenvalue weighted by Gasteiger charge is -2.23. The number of rotatable bonds is 5. The number of halogens is 1. The zero-order valence-corrected chi connectivity index (χ0v) is 15.3. The van der Waals surface area contributed by atoms with E-state index in [2.05, 4.69) is 0 Å². The fourth-order valence-corrected chi connectivity index (χ4v) is 4.21. The first-order valence-electron chi connectivity index (χ1n) is 8.14. The molecule has 0 spiro atoms. The molecule has 0 atom stereocenters. The van der Waals surface area contributed by atoms with Crippen LogP contribution in [0.5, 0.6) is 0 Å². The maximum Gasteiger partial charge on any atom is 0.268 e. The molecule has 0 bridgehead atoms. The predicted octanol–water partition coefficient (Wildman–Crippen LogP) is 5.16. The molecule has 0 aliphatic carbocycles. The van der Waals surface area contributed by atoms with Crippen molar-refractivity contribution >= 4 is 33.0 Å². The van der Waals surface area contributed by atoms with Gasteiger partial charge in [-0.15, -0.1) is 11.3 Å². The summed E-state index contributed by atoms with van der Waals surface area (Å²) in [6.07, 6.45) is 0. The third kappa shape index (κ3) is 3.17. The Kier molecular flexibility index (Phi) is 5.16. The van der Waals surface area contributed by atoms with Crippen molar-refractivity contribution in [2.75, 3.05) is 18.6 Å². The van der Waals surface area contributed by atoms with E-state index in [4.69, 9.17) is 4.74 Å². The van der Waals surface area contributed by atoms with Crippen molar-refractivity contribution in [1.29, 1.82) is 0 Å². The van der Waals surface area contributed by atoms with Crippen LogP contribution in [0.1, 0.15) is 27.7 Å². The number of thiophene rings is 1. The molecule has 0 saturated heterocycles. The quantitative estimate of drug-likeness (QED) is 0.631. The van der Waals surface area contributed by atoms with Crippen LogP contribution in [-0.2, 0) is 11.3 Å². The molecule has 130 valence electrons. The molecular formula is C20H20FNO2S. The first kappa shape index (κ1) is 17.6. The van der Waals surface area contributed by atoms with Gasteiger partial charge in [0.25, 0.3) is 5.91 Å². The van der Waals surface area contributed by atoms with Gasteiger partial charge >= 0.3 is 0 Å². The van der Waals surface area contributed by atoms with Crippen molar-refractivity contribution < 1.29 is 13.9 Å². The van der Waals surface area contributed by atoms with Crippen LogP contribution in [0.25, 0.3) is 10.1 Å². The largest absolute Gasteiger partial charge is 0.380 e. The number of carbonyl (C=O) groups excluding carboxylic acids is 1. The summed E-state index contributed by atoms with van der Waals surface area (Å²) in [7, 11) is 1.55. The van der Waals surface area contributed by atoms with Gasteiger partial charge in [0.1, 0.15) is 5.82 Å². The molecule has 0 N–H and O–H groups in total. The van der Waals surface area contributed by atoms with Crippen LogP contribution in [0.3, 0.4) is 0 Å². The maximum atomic E-state index is 14.3. The number of fused-ring (bicyclic) bond motifs is 1. The van der Waals surface area contributed by atoms with Crippen molar-refractivity contribution in [2.45, 2.75) is 20.5 Å². The molecule has 3 aromatic rings. The van der Waals surface area contributed by atoms with Crippen molar-refractivity contribution in [1.82, 2.24) is 0 Å². The summed E-state index contributed by atoms with van der Waals surface area (Å²) in [5.41, 5.74) is 2.52. The number of ether oxygens (including phenoxy) is 1. The van der Waals surface area contributed by atoms with Gasteiger partial charge in [-0.1, -0.05) is 24.3 Å². The minimum Gasteiger partial charge on any atom is -0.380 e. The average Bonchev–Trinajstić information content (AvgIpc) is 2.97. The highest BCUT2D eigenvalue weighted by Crippen LogP contribution is 2.35. The van der Waals surface area contributed by atoms with Gasteiger partial charge in [-0.2, -0.15) is 0 Å². The Morgan fingerprint density at radius 1 is 1.20 bits per heavy atom. The molecule has 1 aromatic heterocycles. The number of amides is 1. The Balaban J connectivity index is 2.14. The summed E-state index contributed by atoms with van der Waals surface area (Å²) in [4.78, 5) is 15.5. The molecule has 3 nitrogen and oxygen atoms in total. The highest BCUT2D eigenvalue weighted by Gasteiger charge is 2.25. The molecule has 0 radical (unpaired) electrons. The van der Waals surface area contributed by atoms with Crippen molar-refractivity contribution in [3.05, 3.63) is 64.3 Å². The van der Waals surface area contributed by atoms with Gasteiger partial charge in [0.15, 0.2) is 0 Å². The molecule has 1 heterocycles. The smallest absolute Gasteiger partial charge is 0.268 e. The van der Waals surface area contributed by atoms with E-state index < -0.39 is 0 Å². The predicted molar refractivity (Wildman–Crippen MR) is 101 cm³/mol. The van der Waals surface area contributed by atoms with E-state index in [0.29, 0.717) is 22.4 Å². The lowest BCUT2D eigenvalue weighted by Crippen LogP contribution is -2.31. The lowest BCUT2D eigenvalue weighted by molar-refractivity contribution is 0.0988. The summed E-state index contributed by atoms with van der Waals surface area (Å²) in [5.74, 6) is -0.441. The Bertz CT molecular complexity index is 919. The molecule has 5 heteroatoms. The zero-order valence-electron chi connectivity index (χ0n) is 14.5. The number of hydrogen-bond donors (Lipinski definition) is 0. The molecular weight excluding hydrogens is 337 g/mol. The molecule has 0 unspecified atom stereocenters. The molecule has 0 saturated carbocycles. The number of hydrogen-bond acceptors (Lipinski definition) is 3. The first-order valence-corrected chi connectivity index (χ1v) is 8.96. The zero-order chi connectivity index (χ0) is 18.0. The summed E-state index contributed by atoms with van der Waals surface area (Å²) in [6.45, 7) is 4.65. The molecule has 0 aliphatic heterocycles. The lowest BCUT2D eigenvalue weighted by atomic mass is 10.1. The van der Waals surface area contributed by atoms with E-state index in [1.54, 1.807) is 18.1 Å². The van der Waals surface area contributed by atoms with E-state index >= 15 is 0 Å². The molecule has 2 aromatic carbocycles. The van der Waals surface area contributed by atoms with Crippen molar-refractivity contribution in [3.63, 3.8) is 0 Å². The highest BCUT2D eigenvalue weighted by atomic mass is 32.1. The molecule has 0 fully saturated rings. The van der Waals surface area contributed by atoms with Gasteiger partial charge in [0.2, 0.25) is 0 Å². The number of anilines is 1. The van der Waals surface area contributed by atoms with Gasteiger partial charge in [-0.25, -0.2) is 4.39 Å². The number of nitrogens with zero attached hydrogens (tertiary/aromatic N) is 1. The van der Waals surface area contributed by atoms with Crippen LogP contribution in [0, 0.1) is 12.7 Å². The van der Waals surface area contributed by atoms with Crippen LogP contribution < -0.4 is 4.90 Å². The highest BCUT2D eigenvalue weighted by molar-refractivity contribution is 7.21. The van der Waals surface area contributed by atoms with E-state index in [1.807, 2.05) is 44.2 Å². The third-order valence-electron chi connectivity index (χ3n) is 4.21. The van der Waals surface area contributed by atoms with Crippen LogP contribution in [0.4, 0.5) is 10.1 Å². The summed E-state index contributed by atoms with van der Waals surface area (Å²) >= 11 is 1.32. The molecule has 25 heavy (non-hydrogen) atoms. The number of para-hydroxylation sites is 1. The monoisotopic (exact) mass is 357 g/mol. The van der Waals surface area contributed by atoms with Crippen LogP contribution in [0.15, 0.2) is 42.5 Å². The number of methoxy groups -OCH3 is 1. The topological polar surface area (TPSA) is 29.5 Å². The van der Waals surface area contributed by atoms with E-state index in [0.717, 1.165) is 16.0 Å². The normalized spacial score (nSPS) is 11.0. The van der Waals surface area contributed by atoms with E-state index in [1.165, 1.54) is 17.4 Å². The minimum atomic E-state index is -0.321.